The molecule has 0 saturated carbocycles. The van der Waals surface area contributed by atoms with E-state index in [9.17, 15) is 4.79 Å². The standard InChI is InChI=1S/C11H10Cl2N2OS/c1-5(2)10(16)15-11-14-8-6(12)3-4-7(13)9(8)17-11/h3-5H,1-2H3,(H,14,15,16). The van der Waals surface area contributed by atoms with Crippen molar-refractivity contribution in [2.75, 3.05) is 5.32 Å². The van der Waals surface area contributed by atoms with Crippen LogP contribution in [-0.4, -0.2) is 10.9 Å². The Labute approximate surface area is 113 Å². The van der Waals surface area contributed by atoms with Gasteiger partial charge in [-0.1, -0.05) is 48.4 Å². The van der Waals surface area contributed by atoms with Gasteiger partial charge in [-0.25, -0.2) is 4.98 Å². The van der Waals surface area contributed by atoms with Gasteiger partial charge in [-0.15, -0.1) is 0 Å². The molecule has 0 fully saturated rings. The number of hydrogen-bond donors (Lipinski definition) is 1. The Balaban J connectivity index is 2.41. The van der Waals surface area contributed by atoms with E-state index < -0.39 is 0 Å². The van der Waals surface area contributed by atoms with Gasteiger partial charge in [-0.3, -0.25) is 4.79 Å². The molecule has 90 valence electrons. The summed E-state index contributed by atoms with van der Waals surface area (Å²) in [6.45, 7) is 3.64. The van der Waals surface area contributed by atoms with Crippen molar-refractivity contribution < 1.29 is 4.79 Å². The van der Waals surface area contributed by atoms with E-state index in [4.69, 9.17) is 23.2 Å². The summed E-state index contributed by atoms with van der Waals surface area (Å²) in [5.41, 5.74) is 0.628. The topological polar surface area (TPSA) is 42.0 Å². The van der Waals surface area contributed by atoms with Crippen LogP contribution in [0, 0.1) is 5.92 Å². The van der Waals surface area contributed by atoms with E-state index in [1.165, 1.54) is 11.3 Å². The van der Waals surface area contributed by atoms with E-state index in [-0.39, 0.29) is 11.8 Å². The molecule has 1 amide bonds. The van der Waals surface area contributed by atoms with Gasteiger partial charge in [0.25, 0.3) is 0 Å². The fraction of sp³-hybridized carbons (Fsp3) is 0.273. The van der Waals surface area contributed by atoms with Crippen LogP contribution in [-0.2, 0) is 4.79 Å². The lowest BCUT2D eigenvalue weighted by Gasteiger charge is -2.02. The second kappa shape index (κ2) is 4.80. The maximum absolute atomic E-state index is 11.5. The van der Waals surface area contributed by atoms with Crippen LogP contribution in [0.3, 0.4) is 0 Å². The van der Waals surface area contributed by atoms with Crippen LogP contribution >= 0.6 is 34.5 Å². The van der Waals surface area contributed by atoms with Crippen LogP contribution in [0.15, 0.2) is 12.1 Å². The molecule has 2 aromatic rings. The average Bonchev–Trinajstić information content (AvgIpc) is 2.68. The normalized spacial score (nSPS) is 11.1. The first-order valence-electron chi connectivity index (χ1n) is 5.04. The Bertz CT molecular complexity index is 541. The van der Waals surface area contributed by atoms with E-state index in [1.807, 2.05) is 13.8 Å². The van der Waals surface area contributed by atoms with Crippen molar-refractivity contribution in [1.29, 1.82) is 0 Å². The molecule has 0 spiro atoms. The van der Waals surface area contributed by atoms with Crippen molar-refractivity contribution >= 4 is 55.8 Å². The van der Waals surface area contributed by atoms with Gasteiger partial charge >= 0.3 is 0 Å². The number of nitrogens with zero attached hydrogens (tertiary/aromatic N) is 1. The molecule has 0 aliphatic heterocycles. The van der Waals surface area contributed by atoms with Gasteiger partial charge in [0.2, 0.25) is 5.91 Å². The van der Waals surface area contributed by atoms with Crippen molar-refractivity contribution in [3.05, 3.63) is 22.2 Å². The molecule has 0 unspecified atom stereocenters. The highest BCUT2D eigenvalue weighted by molar-refractivity contribution is 7.23. The quantitative estimate of drug-likeness (QED) is 0.900. The molecule has 0 aliphatic carbocycles. The molecule has 6 heteroatoms. The predicted octanol–water partition coefficient (Wildman–Crippen LogP) is 4.20. The number of carbonyl (C=O) groups is 1. The van der Waals surface area contributed by atoms with Crippen molar-refractivity contribution in [2.45, 2.75) is 13.8 Å². The summed E-state index contributed by atoms with van der Waals surface area (Å²) in [5, 5.41) is 4.38. The van der Waals surface area contributed by atoms with Gasteiger partial charge in [0, 0.05) is 5.92 Å². The molecule has 17 heavy (non-hydrogen) atoms. The highest BCUT2D eigenvalue weighted by atomic mass is 35.5. The zero-order valence-corrected chi connectivity index (χ0v) is 11.6. The summed E-state index contributed by atoms with van der Waals surface area (Å²) in [5.74, 6) is -0.163. The van der Waals surface area contributed by atoms with Crippen molar-refractivity contribution in [1.82, 2.24) is 4.98 Å². The third kappa shape index (κ3) is 2.54. The van der Waals surface area contributed by atoms with E-state index >= 15 is 0 Å². The molecule has 2 rings (SSSR count). The fourth-order valence-corrected chi connectivity index (χ4v) is 2.67. The Hall–Kier alpha value is -0.840. The number of fused-ring (bicyclic) bond motifs is 1. The largest absolute Gasteiger partial charge is 0.302 e. The van der Waals surface area contributed by atoms with Gasteiger partial charge in [-0.2, -0.15) is 0 Å². The highest BCUT2D eigenvalue weighted by Gasteiger charge is 2.13. The van der Waals surface area contributed by atoms with E-state index in [1.54, 1.807) is 12.1 Å². The van der Waals surface area contributed by atoms with Crippen LogP contribution in [0.5, 0.6) is 0 Å². The molecule has 0 radical (unpaired) electrons. The number of rotatable bonds is 2. The van der Waals surface area contributed by atoms with Crippen LogP contribution in [0.2, 0.25) is 10.0 Å². The van der Waals surface area contributed by atoms with Crippen molar-refractivity contribution in [3.63, 3.8) is 0 Å². The minimum absolute atomic E-state index is 0.0729. The first-order valence-corrected chi connectivity index (χ1v) is 6.61. The lowest BCUT2D eigenvalue weighted by Crippen LogP contribution is -2.17. The number of carbonyl (C=O) groups excluding carboxylic acids is 1. The predicted molar refractivity (Wildman–Crippen MR) is 73.1 cm³/mol. The number of anilines is 1. The number of hydrogen-bond acceptors (Lipinski definition) is 3. The summed E-state index contributed by atoms with van der Waals surface area (Å²) in [4.78, 5) is 15.8. The second-order valence-corrected chi connectivity index (χ2v) is 5.68. The summed E-state index contributed by atoms with van der Waals surface area (Å²) in [7, 11) is 0. The molecule has 0 atom stereocenters. The smallest absolute Gasteiger partial charge is 0.228 e. The number of amides is 1. The number of nitrogens with one attached hydrogen (secondary N) is 1. The second-order valence-electron chi connectivity index (χ2n) is 3.87. The zero-order chi connectivity index (χ0) is 12.6. The molecule has 0 bridgehead atoms. The van der Waals surface area contributed by atoms with Crippen LogP contribution in [0.25, 0.3) is 10.2 Å². The van der Waals surface area contributed by atoms with Crippen LogP contribution in [0.1, 0.15) is 13.8 Å². The van der Waals surface area contributed by atoms with Gasteiger partial charge in [-0.05, 0) is 12.1 Å². The first kappa shape index (κ1) is 12.6. The zero-order valence-electron chi connectivity index (χ0n) is 9.25. The lowest BCUT2D eigenvalue weighted by atomic mass is 10.2. The molecule has 3 nitrogen and oxygen atoms in total. The SMILES string of the molecule is CC(C)C(=O)Nc1nc2c(Cl)ccc(Cl)c2s1. The molecule has 1 N–H and O–H groups in total. The molecular weight excluding hydrogens is 279 g/mol. The molecule has 1 aromatic heterocycles. The van der Waals surface area contributed by atoms with Gasteiger partial charge in [0.15, 0.2) is 5.13 Å². The summed E-state index contributed by atoms with van der Waals surface area (Å²) in [6, 6.07) is 3.42. The molecular formula is C11H10Cl2N2OS. The molecule has 1 heterocycles. The fourth-order valence-electron chi connectivity index (χ4n) is 1.25. The summed E-state index contributed by atoms with van der Waals surface area (Å²) < 4.78 is 0.790. The molecule has 1 aromatic carbocycles. The molecule has 0 saturated heterocycles. The molecule has 0 aliphatic rings. The maximum atomic E-state index is 11.5. The van der Waals surface area contributed by atoms with Gasteiger partial charge in [0.05, 0.1) is 14.7 Å². The van der Waals surface area contributed by atoms with Crippen molar-refractivity contribution in [2.24, 2.45) is 5.92 Å². The number of halogens is 2. The number of benzene rings is 1. The van der Waals surface area contributed by atoms with E-state index in [0.717, 1.165) is 4.70 Å². The summed E-state index contributed by atoms with van der Waals surface area (Å²) >= 11 is 13.4. The Morgan fingerprint density at radius 1 is 1.35 bits per heavy atom. The van der Waals surface area contributed by atoms with E-state index in [2.05, 4.69) is 10.3 Å². The Morgan fingerprint density at radius 2 is 2.00 bits per heavy atom. The number of thiazole rings is 1. The third-order valence-electron chi connectivity index (χ3n) is 2.20. The van der Waals surface area contributed by atoms with Gasteiger partial charge in [0.1, 0.15) is 5.52 Å². The first-order chi connectivity index (χ1) is 7.99. The monoisotopic (exact) mass is 288 g/mol. The summed E-state index contributed by atoms with van der Waals surface area (Å²) in [6.07, 6.45) is 0. The maximum Gasteiger partial charge on any atom is 0.228 e. The number of aromatic nitrogens is 1. The minimum Gasteiger partial charge on any atom is -0.302 e. The third-order valence-corrected chi connectivity index (χ3v) is 3.94. The van der Waals surface area contributed by atoms with Gasteiger partial charge < -0.3 is 5.32 Å². The van der Waals surface area contributed by atoms with Crippen molar-refractivity contribution in [3.8, 4) is 0 Å². The van der Waals surface area contributed by atoms with Crippen LogP contribution < -0.4 is 5.32 Å². The average molecular weight is 289 g/mol. The van der Waals surface area contributed by atoms with E-state index in [0.29, 0.717) is 20.7 Å². The lowest BCUT2D eigenvalue weighted by molar-refractivity contribution is -0.118. The Morgan fingerprint density at radius 3 is 2.59 bits per heavy atom. The minimum atomic E-state index is -0.0899. The highest BCUT2D eigenvalue weighted by Crippen LogP contribution is 2.36. The van der Waals surface area contributed by atoms with Crippen LogP contribution in [0.4, 0.5) is 5.13 Å². The Kier molecular flexibility index (Phi) is 3.56.